The molecule has 5 fully saturated rings. The summed E-state index contributed by atoms with van der Waals surface area (Å²) < 4.78 is 104. The monoisotopic (exact) mass is 1520 g/mol. The molecule has 4 amide bonds. The fourth-order valence-electron chi connectivity index (χ4n) is 15.1. The van der Waals surface area contributed by atoms with Gasteiger partial charge >= 0.3 is 6.09 Å². The summed E-state index contributed by atoms with van der Waals surface area (Å²) in [5.74, 6) is -3.61. The number of hydrogen-bond acceptors (Lipinski definition) is 20. The van der Waals surface area contributed by atoms with Crippen LogP contribution in [0.1, 0.15) is 116 Å². The number of nitrogens with one attached hydrogen (secondary N) is 3. The normalized spacial score (nSPS) is 32.3. The lowest BCUT2D eigenvalue weighted by Crippen LogP contribution is -2.70. The summed E-state index contributed by atoms with van der Waals surface area (Å²) in [5.41, 5.74) is 5.27. The van der Waals surface area contributed by atoms with Crippen LogP contribution in [-0.4, -0.2) is 171 Å². The molecular weight excluding hydrogens is 1410 g/mol. The number of Topliss-reactive ketones (excluding diaryl/α,β-unsaturated/α-hetero) is 1. The van der Waals surface area contributed by atoms with Gasteiger partial charge in [-0.1, -0.05) is 217 Å². The molecule has 110 heavy (non-hydrogen) atoms. The van der Waals surface area contributed by atoms with Gasteiger partial charge in [-0.2, -0.15) is 0 Å². The Morgan fingerprint density at radius 2 is 0.736 bits per heavy atom. The van der Waals surface area contributed by atoms with Crippen LogP contribution in [0, 0.1) is 29.6 Å². The first-order chi connectivity index (χ1) is 53.1. The van der Waals surface area contributed by atoms with Crippen LogP contribution in [0.25, 0.3) is 0 Å². The van der Waals surface area contributed by atoms with E-state index in [-0.39, 0.29) is 63.9 Å². The van der Waals surface area contributed by atoms with Crippen LogP contribution >= 0.6 is 0 Å². The zero-order valence-electron chi connectivity index (χ0n) is 65.0. The van der Waals surface area contributed by atoms with Gasteiger partial charge in [0, 0.05) is 26.7 Å². The van der Waals surface area contributed by atoms with E-state index < -0.39 is 164 Å². The van der Waals surface area contributed by atoms with E-state index in [0.29, 0.717) is 6.61 Å². The SMILES string of the molecule is CC(=O)NC1[C@H](OC2[C@H](O[C@@H]3C(NC(C)=O)[C@H](O[C@@H]4C(NC(C)=O)[C@H](OCN(Cc5ccccc5)C(=O)OCc5ccccc5)OC(C)[C@@H]4C)O[C@@H](C)[C@H]3O[C@@H]3OC(COCc4ccccc4)[C@@H](C)[C@H](C)C3OCc3ccccc3)OC(C(C)=O)[C@@H](C)[C@@H]2C)O[C@@H](C)[C@@H](OCc2ccccc2)[C@@H]1OCc1ccccc1. The maximum absolute atomic E-state index is 14.4. The third-order valence-electron chi connectivity index (χ3n) is 21.7. The largest absolute Gasteiger partial charge is 0.444 e. The Morgan fingerprint density at radius 1 is 0.345 bits per heavy atom. The number of ether oxygens (including phenoxy) is 15. The van der Waals surface area contributed by atoms with Crippen LogP contribution in [0.15, 0.2) is 182 Å². The molecule has 0 spiro atoms. The lowest BCUT2D eigenvalue weighted by molar-refractivity contribution is -0.382. The first-order valence-electron chi connectivity index (χ1n) is 38.5. The molecular formula is C86H110N4O20. The number of amides is 4. The minimum atomic E-state index is -1.50. The van der Waals surface area contributed by atoms with E-state index in [1.165, 1.54) is 32.6 Å². The highest BCUT2D eigenvalue weighted by molar-refractivity contribution is 5.81. The molecule has 0 radical (unpaired) electrons. The van der Waals surface area contributed by atoms with Gasteiger partial charge in [-0.25, -0.2) is 4.79 Å². The molecule has 8 unspecified atom stereocenters. The number of carbonyl (C=O) groups excluding carboxylic acids is 5. The summed E-state index contributed by atoms with van der Waals surface area (Å²) in [6, 6.07) is 54.3. The highest BCUT2D eigenvalue weighted by Gasteiger charge is 2.58. The van der Waals surface area contributed by atoms with E-state index in [1.54, 1.807) is 6.92 Å². The van der Waals surface area contributed by atoms with E-state index in [4.69, 9.17) is 71.1 Å². The van der Waals surface area contributed by atoms with E-state index in [9.17, 15) is 24.0 Å². The molecule has 0 bridgehead atoms. The Hall–Kier alpha value is -7.89. The van der Waals surface area contributed by atoms with Crippen LogP contribution in [0.4, 0.5) is 4.79 Å². The average molecular weight is 1520 g/mol. The van der Waals surface area contributed by atoms with Crippen molar-refractivity contribution in [1.82, 2.24) is 20.9 Å². The highest BCUT2D eigenvalue weighted by Crippen LogP contribution is 2.43. The second-order valence-corrected chi connectivity index (χ2v) is 29.9. The van der Waals surface area contributed by atoms with Crippen LogP contribution < -0.4 is 16.0 Å². The Balaban J connectivity index is 0.970. The fourth-order valence-corrected chi connectivity index (χ4v) is 15.1. The Labute approximate surface area is 646 Å². The minimum absolute atomic E-state index is 0.00408. The van der Waals surface area contributed by atoms with Crippen LogP contribution in [0.3, 0.4) is 0 Å². The third-order valence-corrected chi connectivity index (χ3v) is 21.7. The van der Waals surface area contributed by atoms with Gasteiger partial charge < -0.3 is 87.0 Å². The second-order valence-electron chi connectivity index (χ2n) is 29.9. The molecule has 0 aliphatic carbocycles. The van der Waals surface area contributed by atoms with Crippen molar-refractivity contribution in [2.24, 2.45) is 29.6 Å². The molecule has 0 aromatic heterocycles. The molecule has 594 valence electrons. The second kappa shape index (κ2) is 40.0. The molecule has 5 heterocycles. The summed E-state index contributed by atoms with van der Waals surface area (Å²) in [6.45, 7) is 21.8. The van der Waals surface area contributed by atoms with Gasteiger partial charge in [0.2, 0.25) is 17.7 Å². The third kappa shape index (κ3) is 22.1. The topological polar surface area (TPSA) is 263 Å². The molecule has 11 rings (SSSR count). The number of ketones is 1. The Kier molecular flexibility index (Phi) is 30.2. The maximum Gasteiger partial charge on any atom is 0.412 e. The number of carbonyl (C=O) groups is 5. The predicted octanol–water partition coefficient (Wildman–Crippen LogP) is 11.3. The Bertz CT molecular complexity index is 3820. The average Bonchev–Trinajstić information content (AvgIpc) is 0.761. The molecule has 6 aromatic carbocycles. The molecule has 3 N–H and O–H groups in total. The van der Waals surface area contributed by atoms with E-state index in [2.05, 4.69) is 29.8 Å². The van der Waals surface area contributed by atoms with Crippen molar-refractivity contribution in [1.29, 1.82) is 0 Å². The smallest absolute Gasteiger partial charge is 0.412 e. The summed E-state index contributed by atoms with van der Waals surface area (Å²) in [4.78, 5) is 71.5. The summed E-state index contributed by atoms with van der Waals surface area (Å²) in [6.07, 6.45) is -18.4. The first-order valence-corrected chi connectivity index (χ1v) is 38.5. The molecule has 24 nitrogen and oxygen atoms in total. The van der Waals surface area contributed by atoms with Crippen LogP contribution in [0.2, 0.25) is 0 Å². The van der Waals surface area contributed by atoms with Gasteiger partial charge in [0.05, 0.1) is 70.1 Å². The van der Waals surface area contributed by atoms with Crippen molar-refractivity contribution in [3.8, 4) is 0 Å². The number of benzene rings is 6. The highest BCUT2D eigenvalue weighted by atomic mass is 16.8. The molecule has 25 atom stereocenters. The summed E-state index contributed by atoms with van der Waals surface area (Å²) in [7, 11) is 0. The van der Waals surface area contributed by atoms with E-state index in [0.717, 1.165) is 33.4 Å². The lowest BCUT2D eigenvalue weighted by atomic mass is 9.82. The van der Waals surface area contributed by atoms with Crippen molar-refractivity contribution in [2.75, 3.05) is 13.3 Å². The molecule has 5 saturated heterocycles. The zero-order chi connectivity index (χ0) is 78.0. The van der Waals surface area contributed by atoms with Crippen molar-refractivity contribution < 1.29 is 95.0 Å². The number of nitrogens with zero attached hydrogens (tertiary/aromatic N) is 1. The lowest BCUT2D eigenvalue weighted by Gasteiger charge is -2.53. The number of rotatable bonds is 32. The Morgan fingerprint density at radius 3 is 1.24 bits per heavy atom. The minimum Gasteiger partial charge on any atom is -0.444 e. The van der Waals surface area contributed by atoms with Crippen molar-refractivity contribution in [3.63, 3.8) is 0 Å². The van der Waals surface area contributed by atoms with Crippen LogP contribution in [0.5, 0.6) is 0 Å². The van der Waals surface area contributed by atoms with E-state index >= 15 is 0 Å². The molecule has 6 aromatic rings. The molecule has 24 heteroatoms. The standard InChI is InChI=1S/C86H110N4O20/c1-51-52(2)75(97-45-65-35-23-15-24-36-65)84(105-69(51)49-96-44-64-33-21-14-22-34-64)109-78-59(9)104-83(107-74-55(5)57(7)102-81(70(74)87-60(10)92)101-50-90(43-63-31-19-13-20-32-63)86(95)100-48-68-41-29-18-30-42-68)72(89-62(12)94)80(78)110-85-76(54(4)53(3)73(106-85)56(6)91)108-82-71(88-61(11)93)79(99-47-67-39-27-17-28-40-67)77(58(8)103-82)98-46-66-37-25-16-26-38-66/h13-42,51-55,57-59,69-85H,43-50H2,1-12H3,(H,87,92)(H,88,93)(H,89,94)/t51-,52-,53-,54-,55-,57?,58-,59-,69?,70?,71?,72?,73?,74-,75?,76?,77+,78+,79+,80+,81+,82-,83-,84-,85-/m0/s1. The summed E-state index contributed by atoms with van der Waals surface area (Å²) >= 11 is 0. The molecule has 5 aliphatic rings. The van der Waals surface area contributed by atoms with Gasteiger partial charge in [-0.3, -0.25) is 24.1 Å². The molecule has 0 saturated carbocycles. The number of hydrogen-bond donors (Lipinski definition) is 3. The molecule has 5 aliphatic heterocycles. The predicted molar refractivity (Wildman–Crippen MR) is 405 cm³/mol. The van der Waals surface area contributed by atoms with Gasteiger partial charge in [-0.15, -0.1) is 0 Å². The maximum atomic E-state index is 14.4. The summed E-state index contributed by atoms with van der Waals surface area (Å²) in [5, 5.41) is 9.33. The van der Waals surface area contributed by atoms with Crippen molar-refractivity contribution in [2.45, 2.75) is 245 Å². The van der Waals surface area contributed by atoms with Crippen LogP contribution in [-0.2, 0) is 130 Å². The zero-order valence-corrected chi connectivity index (χ0v) is 65.0. The first kappa shape index (κ1) is 83.1. The van der Waals surface area contributed by atoms with Gasteiger partial charge in [0.15, 0.2) is 37.2 Å². The fraction of sp³-hybridized carbons (Fsp3) is 0.523. The van der Waals surface area contributed by atoms with Gasteiger partial charge in [-0.05, 0) is 84.7 Å². The van der Waals surface area contributed by atoms with E-state index in [1.807, 2.05) is 217 Å². The van der Waals surface area contributed by atoms with Gasteiger partial charge in [0.1, 0.15) is 74.2 Å². The van der Waals surface area contributed by atoms with Gasteiger partial charge in [0.25, 0.3) is 0 Å². The van der Waals surface area contributed by atoms with Crippen molar-refractivity contribution >= 4 is 29.6 Å². The van der Waals surface area contributed by atoms with Crippen molar-refractivity contribution in [3.05, 3.63) is 215 Å². The quantitative estimate of drug-likeness (QED) is 0.0331.